The van der Waals surface area contributed by atoms with Gasteiger partial charge in [-0.25, -0.2) is 8.78 Å². The van der Waals surface area contributed by atoms with Crippen LogP contribution in [-0.4, -0.2) is 24.9 Å². The molecule has 0 atom stereocenters. The number of hydrogen-bond acceptors (Lipinski definition) is 2. The Labute approximate surface area is 170 Å². The van der Waals surface area contributed by atoms with Crippen LogP contribution in [0.25, 0.3) is 0 Å². The van der Waals surface area contributed by atoms with Gasteiger partial charge in [0.25, 0.3) is 0 Å². The third-order valence-corrected chi connectivity index (χ3v) is 7.65. The van der Waals surface area contributed by atoms with Crippen LogP contribution < -0.4 is 10.2 Å². The molecular weight excluding hydrogens is 374 g/mol. The fourth-order valence-corrected chi connectivity index (χ4v) is 6.90. The summed E-state index contributed by atoms with van der Waals surface area (Å²) in [6.07, 6.45) is 8.22. The lowest BCUT2D eigenvalue weighted by atomic mass is 9.49. The summed E-state index contributed by atoms with van der Waals surface area (Å²) in [6, 6.07) is 2.14. The molecule has 1 aromatic carbocycles. The van der Waals surface area contributed by atoms with Crippen molar-refractivity contribution in [3.05, 3.63) is 29.3 Å². The Bertz CT molecular complexity index is 818. The molecular formula is C23H28F2N2O2. The lowest BCUT2D eigenvalue weighted by Gasteiger charge is -2.55. The van der Waals surface area contributed by atoms with Gasteiger partial charge in [0.1, 0.15) is 11.6 Å². The highest BCUT2D eigenvalue weighted by molar-refractivity contribution is 5.95. The summed E-state index contributed by atoms with van der Waals surface area (Å²) >= 11 is 0. The second-order valence-electron chi connectivity index (χ2n) is 9.75. The van der Waals surface area contributed by atoms with Crippen molar-refractivity contribution in [1.29, 1.82) is 0 Å². The van der Waals surface area contributed by atoms with E-state index in [0.717, 1.165) is 25.3 Å². The molecule has 29 heavy (non-hydrogen) atoms. The number of nitrogens with one attached hydrogen (secondary N) is 1. The van der Waals surface area contributed by atoms with Crippen molar-refractivity contribution in [1.82, 2.24) is 5.32 Å². The number of hydrogen-bond donors (Lipinski definition) is 1. The number of carbonyl (C=O) groups is 2. The number of fused-ring (bicyclic) bond motifs is 1. The largest absolute Gasteiger partial charge is 0.355 e. The summed E-state index contributed by atoms with van der Waals surface area (Å²) in [4.78, 5) is 27.2. The maximum absolute atomic E-state index is 14.3. The smallest absolute Gasteiger partial charge is 0.228 e. The molecule has 6 heteroatoms. The van der Waals surface area contributed by atoms with Crippen LogP contribution >= 0.6 is 0 Å². The van der Waals surface area contributed by atoms with Crippen LogP contribution in [0.1, 0.15) is 56.9 Å². The number of nitrogens with zero attached hydrogens (tertiary/aromatic N) is 1. The van der Waals surface area contributed by atoms with E-state index in [9.17, 15) is 18.4 Å². The average Bonchev–Trinajstić information content (AvgIpc) is 2.66. The van der Waals surface area contributed by atoms with Crippen LogP contribution in [0.2, 0.25) is 0 Å². The third kappa shape index (κ3) is 3.34. The molecule has 156 valence electrons. The fourth-order valence-electron chi connectivity index (χ4n) is 6.90. The second-order valence-corrected chi connectivity index (χ2v) is 9.75. The van der Waals surface area contributed by atoms with Gasteiger partial charge < -0.3 is 10.2 Å². The van der Waals surface area contributed by atoms with Crippen LogP contribution in [0.15, 0.2) is 12.1 Å². The highest BCUT2D eigenvalue weighted by Crippen LogP contribution is 2.60. The molecule has 4 nitrogen and oxygen atoms in total. The minimum absolute atomic E-state index is 0.108. The predicted molar refractivity (Wildman–Crippen MR) is 105 cm³/mol. The first-order chi connectivity index (χ1) is 13.9. The van der Waals surface area contributed by atoms with Crippen molar-refractivity contribution in [2.24, 2.45) is 23.2 Å². The number of benzene rings is 1. The molecule has 6 rings (SSSR count). The molecule has 1 heterocycles. The maximum Gasteiger partial charge on any atom is 0.228 e. The average molecular weight is 402 g/mol. The van der Waals surface area contributed by atoms with Gasteiger partial charge in [-0.15, -0.1) is 0 Å². The van der Waals surface area contributed by atoms with Gasteiger partial charge in [0.2, 0.25) is 11.8 Å². The SMILES string of the molecule is O=C(CCNC(=O)C12CC3CC(CC(C3)C1)C2)N1CCCc2cc(F)cc(F)c21. The first-order valence-corrected chi connectivity index (χ1v) is 11.0. The van der Waals surface area contributed by atoms with Gasteiger partial charge in [-0.1, -0.05) is 0 Å². The standard InChI is InChI=1S/C23H28F2N2O2/c24-18-9-17-2-1-5-27(21(17)19(25)10-18)20(28)3-4-26-22(29)23-11-14-6-15(12-23)8-16(7-14)13-23/h9-10,14-16H,1-8,11-13H2,(H,26,29). The first kappa shape index (κ1) is 19.0. The molecule has 5 aliphatic rings. The molecule has 0 unspecified atom stereocenters. The van der Waals surface area contributed by atoms with E-state index in [0.29, 0.717) is 42.7 Å². The molecule has 2 amide bonds. The van der Waals surface area contributed by atoms with Crippen molar-refractivity contribution < 1.29 is 18.4 Å². The van der Waals surface area contributed by atoms with Gasteiger partial charge in [0.15, 0.2) is 0 Å². The van der Waals surface area contributed by atoms with Crippen LogP contribution in [0, 0.1) is 34.8 Å². The van der Waals surface area contributed by atoms with Crippen molar-refractivity contribution in [3.63, 3.8) is 0 Å². The monoisotopic (exact) mass is 402 g/mol. The van der Waals surface area contributed by atoms with Crippen LogP contribution in [0.3, 0.4) is 0 Å². The molecule has 4 aliphatic carbocycles. The number of rotatable bonds is 4. The van der Waals surface area contributed by atoms with Gasteiger partial charge in [-0.05, 0) is 80.8 Å². The Balaban J connectivity index is 1.21. The molecule has 4 saturated carbocycles. The molecule has 1 N–H and O–H groups in total. The highest BCUT2D eigenvalue weighted by atomic mass is 19.1. The Morgan fingerprint density at radius 1 is 1.07 bits per heavy atom. The summed E-state index contributed by atoms with van der Waals surface area (Å²) < 4.78 is 27.8. The van der Waals surface area contributed by atoms with E-state index < -0.39 is 11.6 Å². The molecule has 0 spiro atoms. The molecule has 0 aromatic heterocycles. The van der Waals surface area contributed by atoms with E-state index in [1.54, 1.807) is 0 Å². The lowest BCUT2D eigenvalue weighted by Crippen LogP contribution is -2.53. The summed E-state index contributed by atoms with van der Waals surface area (Å²) in [6.45, 7) is 0.700. The highest BCUT2D eigenvalue weighted by Gasteiger charge is 2.54. The number of carbonyl (C=O) groups excluding carboxylic acids is 2. The van der Waals surface area contributed by atoms with Gasteiger partial charge in [0.05, 0.1) is 5.69 Å². The Morgan fingerprint density at radius 3 is 2.38 bits per heavy atom. The van der Waals surface area contributed by atoms with Crippen molar-refractivity contribution in [2.75, 3.05) is 18.0 Å². The Morgan fingerprint density at radius 2 is 1.72 bits per heavy atom. The van der Waals surface area contributed by atoms with Crippen molar-refractivity contribution in [3.8, 4) is 0 Å². The Hall–Kier alpha value is -1.98. The molecule has 4 fully saturated rings. The van der Waals surface area contributed by atoms with E-state index in [4.69, 9.17) is 0 Å². The topological polar surface area (TPSA) is 49.4 Å². The van der Waals surface area contributed by atoms with Crippen molar-refractivity contribution in [2.45, 2.75) is 57.8 Å². The van der Waals surface area contributed by atoms with Crippen LogP contribution in [0.4, 0.5) is 14.5 Å². The fraction of sp³-hybridized carbons (Fsp3) is 0.652. The number of amides is 2. The van der Waals surface area contributed by atoms with E-state index in [2.05, 4.69) is 5.32 Å². The first-order valence-electron chi connectivity index (χ1n) is 11.0. The van der Waals surface area contributed by atoms with Crippen LogP contribution in [0.5, 0.6) is 0 Å². The lowest BCUT2D eigenvalue weighted by molar-refractivity contribution is -0.146. The van der Waals surface area contributed by atoms with Gasteiger partial charge in [-0.2, -0.15) is 0 Å². The van der Waals surface area contributed by atoms with Gasteiger partial charge in [-0.3, -0.25) is 9.59 Å². The minimum Gasteiger partial charge on any atom is -0.355 e. The molecule has 0 radical (unpaired) electrons. The third-order valence-electron chi connectivity index (χ3n) is 7.65. The summed E-state index contributed by atoms with van der Waals surface area (Å²) in [7, 11) is 0. The molecule has 1 aliphatic heterocycles. The number of anilines is 1. The number of aryl methyl sites for hydroxylation is 1. The van der Waals surface area contributed by atoms with E-state index in [1.807, 2.05) is 0 Å². The summed E-state index contributed by atoms with van der Waals surface area (Å²) in [5.41, 5.74) is 0.522. The molecule has 0 saturated heterocycles. The maximum atomic E-state index is 14.3. The van der Waals surface area contributed by atoms with Crippen LogP contribution in [-0.2, 0) is 16.0 Å². The minimum atomic E-state index is -0.689. The molecule has 4 bridgehead atoms. The zero-order valence-corrected chi connectivity index (χ0v) is 16.7. The van der Waals surface area contributed by atoms with E-state index in [-0.39, 0.29) is 35.9 Å². The number of halogens is 2. The van der Waals surface area contributed by atoms with Gasteiger partial charge >= 0.3 is 0 Å². The Kier molecular flexibility index (Phi) is 4.63. The normalized spacial score (nSPS) is 32.2. The van der Waals surface area contributed by atoms with E-state index >= 15 is 0 Å². The second kappa shape index (κ2) is 7.06. The van der Waals surface area contributed by atoms with E-state index in [1.165, 1.54) is 30.2 Å². The zero-order valence-electron chi connectivity index (χ0n) is 16.7. The zero-order chi connectivity index (χ0) is 20.2. The molecule has 1 aromatic rings. The van der Waals surface area contributed by atoms with Crippen molar-refractivity contribution >= 4 is 17.5 Å². The summed E-state index contributed by atoms with van der Waals surface area (Å²) in [5.74, 6) is 0.675. The quantitative estimate of drug-likeness (QED) is 0.829. The summed E-state index contributed by atoms with van der Waals surface area (Å²) in [5, 5.41) is 3.02. The predicted octanol–water partition coefficient (Wildman–Crippen LogP) is 3.97. The van der Waals surface area contributed by atoms with Gasteiger partial charge in [0, 0.05) is 31.0 Å².